The fourth-order valence-electron chi connectivity index (χ4n) is 3.69. The third-order valence-corrected chi connectivity index (χ3v) is 5.22. The fraction of sp³-hybridized carbons (Fsp3) is 0.364. The average Bonchev–Trinajstić information content (AvgIpc) is 2.76. The number of hydrogen-bond acceptors (Lipinski definition) is 6. The molecule has 2 atom stereocenters. The predicted molar refractivity (Wildman–Crippen MR) is 117 cm³/mol. The van der Waals surface area contributed by atoms with Crippen molar-refractivity contribution in [3.63, 3.8) is 0 Å². The number of halogens is 2. The number of nitrogens with one attached hydrogen (secondary N) is 3. The molecule has 0 aliphatic carbocycles. The van der Waals surface area contributed by atoms with Gasteiger partial charge in [0.25, 0.3) is 11.8 Å². The van der Waals surface area contributed by atoms with E-state index in [4.69, 9.17) is 14.2 Å². The molecule has 2 aromatic rings. The standard InChI is InChI=1S/C22H24FN3O5.ClH/c1-29-19-3-2-14-8-20(19)30-12-21(27)26-17-11-24-5-4-18(17)31-16-7-13(6-15(23)9-16)10-25-22(14)28;/h2-3,6-9,17-18,24H,4-5,10-12H2,1H3,(H,25,28)(H,26,27);1H/t17-,18+;/m1./s1. The third kappa shape index (κ3) is 5.60. The molecule has 2 amide bonds. The van der Waals surface area contributed by atoms with Crippen molar-refractivity contribution in [2.24, 2.45) is 0 Å². The van der Waals surface area contributed by atoms with Gasteiger partial charge in [-0.15, -0.1) is 12.4 Å². The van der Waals surface area contributed by atoms with Gasteiger partial charge < -0.3 is 30.2 Å². The first kappa shape index (κ1) is 23.6. The summed E-state index contributed by atoms with van der Waals surface area (Å²) in [5, 5.41) is 8.90. The van der Waals surface area contributed by atoms with Crippen LogP contribution in [0.3, 0.4) is 0 Å². The summed E-state index contributed by atoms with van der Waals surface area (Å²) < 4.78 is 31.1. The van der Waals surface area contributed by atoms with Gasteiger partial charge in [0, 0.05) is 24.7 Å². The minimum Gasteiger partial charge on any atom is -0.493 e. The van der Waals surface area contributed by atoms with Crippen molar-refractivity contribution in [1.29, 1.82) is 0 Å². The third-order valence-electron chi connectivity index (χ3n) is 5.22. The molecule has 4 bridgehead atoms. The average molecular weight is 466 g/mol. The maximum absolute atomic E-state index is 14.2. The molecule has 2 heterocycles. The summed E-state index contributed by atoms with van der Waals surface area (Å²) in [6.45, 7) is 1.11. The van der Waals surface area contributed by atoms with Crippen molar-refractivity contribution in [1.82, 2.24) is 16.0 Å². The second-order valence-electron chi connectivity index (χ2n) is 7.46. The van der Waals surface area contributed by atoms with E-state index in [0.717, 1.165) is 6.54 Å². The van der Waals surface area contributed by atoms with Gasteiger partial charge in [0.1, 0.15) is 17.7 Å². The van der Waals surface area contributed by atoms with Gasteiger partial charge >= 0.3 is 0 Å². The van der Waals surface area contributed by atoms with Crippen LogP contribution in [0, 0.1) is 5.82 Å². The molecular formula is C22H25ClFN3O5. The van der Waals surface area contributed by atoms with Gasteiger partial charge in [-0.05, 0) is 48.9 Å². The Morgan fingerprint density at radius 1 is 1.16 bits per heavy atom. The molecule has 0 spiro atoms. The van der Waals surface area contributed by atoms with Crippen molar-refractivity contribution in [3.8, 4) is 17.2 Å². The zero-order valence-electron chi connectivity index (χ0n) is 17.5. The van der Waals surface area contributed by atoms with Crippen LogP contribution in [0.2, 0.25) is 0 Å². The van der Waals surface area contributed by atoms with E-state index in [2.05, 4.69) is 16.0 Å². The lowest BCUT2D eigenvalue weighted by molar-refractivity contribution is -0.124. The molecule has 32 heavy (non-hydrogen) atoms. The highest BCUT2D eigenvalue weighted by molar-refractivity contribution is 5.94. The summed E-state index contributed by atoms with van der Waals surface area (Å²) in [4.78, 5) is 25.1. The van der Waals surface area contributed by atoms with Gasteiger partial charge in [0.05, 0.1) is 13.2 Å². The van der Waals surface area contributed by atoms with E-state index in [1.54, 1.807) is 18.2 Å². The molecule has 0 aromatic heterocycles. The van der Waals surface area contributed by atoms with Gasteiger partial charge in [-0.2, -0.15) is 0 Å². The first-order valence-corrected chi connectivity index (χ1v) is 10.1. The van der Waals surface area contributed by atoms with Gasteiger partial charge in [0.15, 0.2) is 18.1 Å². The largest absolute Gasteiger partial charge is 0.493 e. The SMILES string of the molecule is COc1ccc2cc1OCC(=O)N[C@@H]1CNCC[C@@H]1Oc1cc(F)cc(c1)CNC2=O.Cl. The second kappa shape index (κ2) is 10.5. The number of benzene rings is 2. The number of rotatable bonds is 1. The van der Waals surface area contributed by atoms with E-state index >= 15 is 0 Å². The molecule has 0 unspecified atom stereocenters. The smallest absolute Gasteiger partial charge is 0.258 e. The number of amides is 2. The highest BCUT2D eigenvalue weighted by atomic mass is 35.5. The van der Waals surface area contributed by atoms with E-state index in [1.807, 2.05) is 0 Å². The number of fused-ring (bicyclic) bond motifs is 5. The monoisotopic (exact) mass is 465 g/mol. The Balaban J connectivity index is 0.00000289. The van der Waals surface area contributed by atoms with Crippen LogP contribution < -0.4 is 30.2 Å². The number of hydrogen-bond donors (Lipinski definition) is 3. The zero-order valence-corrected chi connectivity index (χ0v) is 18.3. The summed E-state index contributed by atoms with van der Waals surface area (Å²) in [5.74, 6) is -0.135. The van der Waals surface area contributed by atoms with E-state index in [9.17, 15) is 14.0 Å². The van der Waals surface area contributed by atoms with Gasteiger partial charge in [-0.1, -0.05) is 0 Å². The van der Waals surface area contributed by atoms with Crippen LogP contribution in [0.1, 0.15) is 22.3 Å². The Morgan fingerprint density at radius 2 is 2.00 bits per heavy atom. The summed E-state index contributed by atoms with van der Waals surface area (Å²) in [6, 6.07) is 8.73. The lowest BCUT2D eigenvalue weighted by Crippen LogP contribution is -2.56. The van der Waals surface area contributed by atoms with Gasteiger partial charge in [-0.3, -0.25) is 9.59 Å². The molecule has 2 aliphatic heterocycles. The summed E-state index contributed by atoms with van der Waals surface area (Å²) in [5.41, 5.74) is 0.891. The zero-order chi connectivity index (χ0) is 21.8. The second-order valence-corrected chi connectivity index (χ2v) is 7.46. The normalized spacial score (nSPS) is 20.9. The number of carbonyl (C=O) groups is 2. The molecule has 2 aromatic carbocycles. The van der Waals surface area contributed by atoms with Gasteiger partial charge in [-0.25, -0.2) is 4.39 Å². The summed E-state index contributed by atoms with van der Waals surface area (Å²) >= 11 is 0. The maximum atomic E-state index is 14.2. The van der Waals surface area contributed by atoms with Crippen LogP contribution >= 0.6 is 12.4 Å². The minimum atomic E-state index is -0.461. The molecule has 4 rings (SSSR count). The molecular weight excluding hydrogens is 441 g/mol. The molecule has 8 nitrogen and oxygen atoms in total. The van der Waals surface area contributed by atoms with E-state index < -0.39 is 5.82 Å². The predicted octanol–water partition coefficient (Wildman–Crippen LogP) is 1.80. The van der Waals surface area contributed by atoms with E-state index in [0.29, 0.717) is 35.6 Å². The lowest BCUT2D eigenvalue weighted by Gasteiger charge is -2.33. The molecule has 3 N–H and O–H groups in total. The molecule has 172 valence electrons. The molecule has 1 fully saturated rings. The molecule has 0 radical (unpaired) electrons. The Labute approximate surface area is 191 Å². The molecule has 10 heteroatoms. The first-order valence-electron chi connectivity index (χ1n) is 10.1. The number of carbonyl (C=O) groups excluding carboxylic acids is 2. The highest BCUT2D eigenvalue weighted by Gasteiger charge is 2.28. The van der Waals surface area contributed by atoms with Crippen LogP contribution in [0.5, 0.6) is 17.2 Å². The van der Waals surface area contributed by atoms with Crippen molar-refractivity contribution >= 4 is 24.2 Å². The van der Waals surface area contributed by atoms with Crippen molar-refractivity contribution in [2.45, 2.75) is 25.1 Å². The van der Waals surface area contributed by atoms with Crippen LogP contribution in [0.15, 0.2) is 36.4 Å². The Hall–Kier alpha value is -3.04. The molecule has 0 saturated carbocycles. The highest BCUT2D eigenvalue weighted by Crippen LogP contribution is 2.28. The quantitative estimate of drug-likeness (QED) is 0.594. The maximum Gasteiger partial charge on any atom is 0.258 e. The van der Waals surface area contributed by atoms with Crippen LogP contribution in [0.25, 0.3) is 0 Å². The number of ether oxygens (including phenoxy) is 3. The van der Waals surface area contributed by atoms with Crippen LogP contribution in [0.4, 0.5) is 4.39 Å². The molecule has 2 aliphatic rings. The van der Waals surface area contributed by atoms with Crippen LogP contribution in [-0.4, -0.2) is 50.8 Å². The van der Waals surface area contributed by atoms with Gasteiger partial charge in [0.2, 0.25) is 0 Å². The topological polar surface area (TPSA) is 97.9 Å². The van der Waals surface area contributed by atoms with Crippen molar-refractivity contribution < 1.29 is 28.2 Å². The van der Waals surface area contributed by atoms with E-state index in [-0.39, 0.29) is 55.3 Å². The van der Waals surface area contributed by atoms with Crippen LogP contribution in [-0.2, 0) is 11.3 Å². The Bertz CT molecular complexity index is 990. The Kier molecular flexibility index (Phi) is 7.76. The summed E-state index contributed by atoms with van der Waals surface area (Å²) in [6.07, 6.45) is 0.310. The first-order chi connectivity index (χ1) is 15.0. The van der Waals surface area contributed by atoms with Crippen molar-refractivity contribution in [3.05, 3.63) is 53.3 Å². The summed E-state index contributed by atoms with van der Waals surface area (Å²) in [7, 11) is 1.48. The molecule has 1 saturated heterocycles. The lowest BCUT2D eigenvalue weighted by atomic mass is 10.0. The number of piperidine rings is 1. The fourth-order valence-corrected chi connectivity index (χ4v) is 3.69. The number of methoxy groups -OCH3 is 1. The van der Waals surface area contributed by atoms with Crippen molar-refractivity contribution in [2.75, 3.05) is 26.8 Å². The minimum absolute atomic E-state index is 0. The Morgan fingerprint density at radius 3 is 2.81 bits per heavy atom. The van der Waals surface area contributed by atoms with E-state index in [1.165, 1.54) is 25.3 Å².